The Kier molecular flexibility index (Phi) is 4.14. The minimum absolute atomic E-state index is 0.152. The molecule has 144 valence electrons. The van der Waals surface area contributed by atoms with E-state index in [1.54, 1.807) is 12.1 Å². The molecule has 0 saturated heterocycles. The Morgan fingerprint density at radius 2 is 1.89 bits per heavy atom. The van der Waals surface area contributed by atoms with Gasteiger partial charge in [0.05, 0.1) is 12.7 Å². The van der Waals surface area contributed by atoms with Crippen LogP contribution >= 0.6 is 0 Å². The van der Waals surface area contributed by atoms with E-state index in [-0.39, 0.29) is 11.5 Å². The van der Waals surface area contributed by atoms with Crippen molar-refractivity contribution in [2.75, 3.05) is 12.4 Å². The number of aryl methyl sites for hydroxylation is 1. The highest BCUT2D eigenvalue weighted by molar-refractivity contribution is 5.92. The molecule has 6 nitrogen and oxygen atoms in total. The first-order chi connectivity index (χ1) is 13.3. The average molecular weight is 376 g/mol. The van der Waals surface area contributed by atoms with Crippen molar-refractivity contribution >= 4 is 28.3 Å². The third-order valence-corrected chi connectivity index (χ3v) is 4.70. The lowest BCUT2D eigenvalue weighted by Crippen LogP contribution is -2.27. The van der Waals surface area contributed by atoms with Crippen LogP contribution in [0, 0.1) is 0 Å². The second kappa shape index (κ2) is 6.41. The minimum atomic E-state index is -0.373. The number of ether oxygens (including phenoxy) is 1. The minimum Gasteiger partial charge on any atom is -0.465 e. The zero-order valence-electron chi connectivity index (χ0n) is 16.8. The summed E-state index contributed by atoms with van der Waals surface area (Å²) in [5.41, 5.74) is 4.03. The lowest BCUT2D eigenvalue weighted by atomic mass is 10.1. The number of nitrogens with zero attached hydrogens (tertiary/aromatic N) is 3. The summed E-state index contributed by atoms with van der Waals surface area (Å²) in [6.07, 6.45) is 3.91. The standard InChI is InChI=1S/C22H24N4O2/c1-22(2,3)24-20-19(15-7-6-14-8-10-25(4)17(14)12-15)23-18-13-16(21(27)28-5)9-11-26(18)20/h6-13,24H,1-5H3. The molecule has 0 saturated carbocycles. The van der Waals surface area contributed by atoms with Crippen LogP contribution in [0.2, 0.25) is 0 Å². The van der Waals surface area contributed by atoms with Crippen LogP contribution in [0.5, 0.6) is 0 Å². The summed E-state index contributed by atoms with van der Waals surface area (Å²) < 4.78 is 8.92. The normalized spacial score (nSPS) is 11.9. The number of nitrogens with one attached hydrogen (secondary N) is 1. The van der Waals surface area contributed by atoms with Crippen LogP contribution in [0.15, 0.2) is 48.8 Å². The Morgan fingerprint density at radius 1 is 1.11 bits per heavy atom. The first kappa shape index (κ1) is 18.1. The average Bonchev–Trinajstić information content (AvgIpc) is 3.20. The quantitative estimate of drug-likeness (QED) is 0.535. The van der Waals surface area contributed by atoms with Crippen molar-refractivity contribution in [3.8, 4) is 11.3 Å². The number of hydrogen-bond acceptors (Lipinski definition) is 4. The van der Waals surface area contributed by atoms with Crippen LogP contribution in [-0.2, 0) is 11.8 Å². The molecule has 6 heteroatoms. The molecule has 4 rings (SSSR count). The molecule has 28 heavy (non-hydrogen) atoms. The molecular weight excluding hydrogens is 352 g/mol. The first-order valence-corrected chi connectivity index (χ1v) is 9.21. The van der Waals surface area contributed by atoms with Gasteiger partial charge in [-0.05, 0) is 50.4 Å². The second-order valence-electron chi connectivity index (χ2n) is 8.02. The van der Waals surface area contributed by atoms with Crippen LogP contribution in [0.4, 0.5) is 5.82 Å². The summed E-state index contributed by atoms with van der Waals surface area (Å²) in [5.74, 6) is 0.523. The van der Waals surface area contributed by atoms with Crippen molar-refractivity contribution in [1.29, 1.82) is 0 Å². The zero-order valence-corrected chi connectivity index (χ0v) is 16.8. The van der Waals surface area contributed by atoms with Gasteiger partial charge in [0.1, 0.15) is 17.2 Å². The Bertz CT molecular complexity index is 1190. The number of carbonyl (C=O) groups is 1. The Hall–Kier alpha value is -3.28. The fourth-order valence-electron chi connectivity index (χ4n) is 3.38. The number of aromatic nitrogens is 3. The number of esters is 1. The number of methoxy groups -OCH3 is 1. The van der Waals surface area contributed by atoms with Gasteiger partial charge in [-0.3, -0.25) is 4.40 Å². The predicted octanol–water partition coefficient (Wildman–Crippen LogP) is 4.49. The molecule has 1 N–H and O–H groups in total. The molecule has 0 spiro atoms. The topological polar surface area (TPSA) is 60.6 Å². The van der Waals surface area contributed by atoms with Gasteiger partial charge in [0.25, 0.3) is 0 Å². The Morgan fingerprint density at radius 3 is 2.61 bits per heavy atom. The predicted molar refractivity (Wildman–Crippen MR) is 112 cm³/mol. The monoisotopic (exact) mass is 376 g/mol. The maximum atomic E-state index is 11.9. The van der Waals surface area contributed by atoms with E-state index in [1.165, 1.54) is 12.5 Å². The van der Waals surface area contributed by atoms with E-state index < -0.39 is 0 Å². The largest absolute Gasteiger partial charge is 0.465 e. The molecule has 0 fully saturated rings. The number of benzene rings is 1. The fourth-order valence-corrected chi connectivity index (χ4v) is 3.38. The van der Waals surface area contributed by atoms with Gasteiger partial charge in [-0.1, -0.05) is 12.1 Å². The van der Waals surface area contributed by atoms with Crippen molar-refractivity contribution in [2.45, 2.75) is 26.3 Å². The van der Waals surface area contributed by atoms with E-state index in [1.807, 2.05) is 17.6 Å². The molecular formula is C22H24N4O2. The first-order valence-electron chi connectivity index (χ1n) is 9.21. The smallest absolute Gasteiger partial charge is 0.338 e. The van der Waals surface area contributed by atoms with Crippen LogP contribution in [0.3, 0.4) is 0 Å². The number of pyridine rings is 1. The van der Waals surface area contributed by atoms with Crippen LogP contribution in [0.25, 0.3) is 27.8 Å². The van der Waals surface area contributed by atoms with E-state index in [2.05, 4.69) is 61.1 Å². The number of imidazole rings is 1. The lowest BCUT2D eigenvalue weighted by molar-refractivity contribution is 0.0600. The van der Waals surface area contributed by atoms with E-state index in [9.17, 15) is 4.79 Å². The van der Waals surface area contributed by atoms with Crippen molar-refractivity contribution in [3.05, 3.63) is 54.4 Å². The highest BCUT2D eigenvalue weighted by atomic mass is 16.5. The Labute approximate surface area is 163 Å². The highest BCUT2D eigenvalue weighted by Crippen LogP contribution is 2.33. The fraction of sp³-hybridized carbons (Fsp3) is 0.273. The molecule has 0 bridgehead atoms. The van der Waals surface area contributed by atoms with Crippen LogP contribution in [0.1, 0.15) is 31.1 Å². The van der Waals surface area contributed by atoms with E-state index >= 15 is 0 Å². The summed E-state index contributed by atoms with van der Waals surface area (Å²) in [4.78, 5) is 16.8. The lowest BCUT2D eigenvalue weighted by Gasteiger charge is -2.22. The molecule has 0 radical (unpaired) electrons. The third kappa shape index (κ3) is 3.11. The maximum absolute atomic E-state index is 11.9. The Balaban J connectivity index is 1.94. The van der Waals surface area contributed by atoms with Crippen LogP contribution in [-0.4, -0.2) is 32.6 Å². The molecule has 0 aliphatic carbocycles. The number of hydrogen-bond donors (Lipinski definition) is 1. The molecule has 3 aromatic heterocycles. The summed E-state index contributed by atoms with van der Waals surface area (Å²) in [5, 5.41) is 4.76. The van der Waals surface area contributed by atoms with Crippen molar-refractivity contribution in [2.24, 2.45) is 7.05 Å². The van der Waals surface area contributed by atoms with E-state index in [4.69, 9.17) is 9.72 Å². The molecule has 0 aliphatic rings. The molecule has 1 aromatic carbocycles. The van der Waals surface area contributed by atoms with Crippen molar-refractivity contribution in [1.82, 2.24) is 14.0 Å². The van der Waals surface area contributed by atoms with Gasteiger partial charge in [-0.2, -0.15) is 0 Å². The number of rotatable bonds is 3. The number of fused-ring (bicyclic) bond motifs is 2. The van der Waals surface area contributed by atoms with Gasteiger partial charge in [-0.15, -0.1) is 0 Å². The van der Waals surface area contributed by atoms with Gasteiger partial charge in [0, 0.05) is 36.1 Å². The van der Waals surface area contributed by atoms with E-state index in [0.717, 1.165) is 22.6 Å². The summed E-state index contributed by atoms with van der Waals surface area (Å²) in [6, 6.07) is 11.9. The molecule has 3 heterocycles. The van der Waals surface area contributed by atoms with E-state index in [0.29, 0.717) is 11.2 Å². The summed E-state index contributed by atoms with van der Waals surface area (Å²) in [6.45, 7) is 6.33. The number of carbonyl (C=O) groups excluding carboxylic acids is 1. The van der Waals surface area contributed by atoms with Gasteiger partial charge in [0.2, 0.25) is 0 Å². The van der Waals surface area contributed by atoms with Gasteiger partial charge in [-0.25, -0.2) is 9.78 Å². The SMILES string of the molecule is COC(=O)c1ccn2c(NC(C)(C)C)c(-c3ccc4ccn(C)c4c3)nc2c1. The van der Waals surface area contributed by atoms with Crippen LogP contribution < -0.4 is 5.32 Å². The summed E-state index contributed by atoms with van der Waals surface area (Å²) in [7, 11) is 3.41. The van der Waals surface area contributed by atoms with Gasteiger partial charge < -0.3 is 14.6 Å². The van der Waals surface area contributed by atoms with Gasteiger partial charge >= 0.3 is 5.97 Å². The summed E-state index contributed by atoms with van der Waals surface area (Å²) >= 11 is 0. The maximum Gasteiger partial charge on any atom is 0.338 e. The molecule has 0 unspecified atom stereocenters. The highest BCUT2D eigenvalue weighted by Gasteiger charge is 2.20. The zero-order chi connectivity index (χ0) is 20.1. The number of anilines is 1. The second-order valence-corrected chi connectivity index (χ2v) is 8.02. The third-order valence-electron chi connectivity index (χ3n) is 4.70. The van der Waals surface area contributed by atoms with Crippen molar-refractivity contribution in [3.63, 3.8) is 0 Å². The molecule has 4 aromatic rings. The van der Waals surface area contributed by atoms with Gasteiger partial charge in [0.15, 0.2) is 0 Å². The molecule has 0 atom stereocenters. The molecule has 0 amide bonds. The molecule has 0 aliphatic heterocycles. The van der Waals surface area contributed by atoms with Crippen molar-refractivity contribution < 1.29 is 9.53 Å².